The Morgan fingerprint density at radius 1 is 0.828 bits per heavy atom. The van der Waals surface area contributed by atoms with Gasteiger partial charge in [-0.15, -0.1) is 0 Å². The average Bonchev–Trinajstić information content (AvgIpc) is 2.76. The van der Waals surface area contributed by atoms with Gasteiger partial charge in [0.1, 0.15) is 23.3 Å². The molecule has 2 aromatic carbocycles. The van der Waals surface area contributed by atoms with E-state index in [2.05, 4.69) is 4.74 Å². The SMILES string of the molecule is COC(=O)/C(C#N)=C/c1ccc(OC(=O)/C(C#N)=C/c2ccccc2)c(OC)c1. The van der Waals surface area contributed by atoms with Crippen LogP contribution in [0.2, 0.25) is 0 Å². The molecule has 0 heterocycles. The molecule has 0 bridgehead atoms. The van der Waals surface area contributed by atoms with Crippen molar-refractivity contribution in [3.63, 3.8) is 0 Å². The fourth-order valence-corrected chi connectivity index (χ4v) is 2.28. The first-order chi connectivity index (χ1) is 14.0. The minimum atomic E-state index is -0.842. The van der Waals surface area contributed by atoms with Crippen LogP contribution in [0.4, 0.5) is 0 Å². The predicted molar refractivity (Wildman–Crippen MR) is 104 cm³/mol. The molecule has 0 aromatic heterocycles. The standard InChI is InChI=1S/C22H16N2O5/c1-27-20-12-16(11-17(13-23)21(25)28-2)8-9-19(20)29-22(26)18(14-24)10-15-6-4-3-5-7-15/h3-12H,1-2H3/b17-11+,18-10+. The Kier molecular flexibility index (Phi) is 7.29. The number of esters is 2. The van der Waals surface area contributed by atoms with Crippen LogP contribution in [-0.2, 0) is 14.3 Å². The fourth-order valence-electron chi connectivity index (χ4n) is 2.28. The number of rotatable bonds is 6. The van der Waals surface area contributed by atoms with Gasteiger partial charge in [-0.25, -0.2) is 9.59 Å². The number of hydrogen-bond acceptors (Lipinski definition) is 7. The molecular formula is C22H16N2O5. The fraction of sp³-hybridized carbons (Fsp3) is 0.0909. The molecule has 7 heteroatoms. The van der Waals surface area contributed by atoms with Crippen molar-refractivity contribution in [1.29, 1.82) is 10.5 Å². The van der Waals surface area contributed by atoms with Gasteiger partial charge >= 0.3 is 11.9 Å². The number of hydrogen-bond donors (Lipinski definition) is 0. The Morgan fingerprint density at radius 3 is 2.03 bits per heavy atom. The molecule has 0 unspecified atom stereocenters. The molecule has 0 aliphatic rings. The van der Waals surface area contributed by atoms with Crippen molar-refractivity contribution in [2.75, 3.05) is 14.2 Å². The van der Waals surface area contributed by atoms with Crippen LogP contribution < -0.4 is 9.47 Å². The molecule has 144 valence electrons. The Hall–Kier alpha value is -4.36. The number of nitriles is 2. The minimum absolute atomic E-state index is 0.0837. The number of carbonyl (C=O) groups is 2. The highest BCUT2D eigenvalue weighted by molar-refractivity contribution is 5.99. The smallest absolute Gasteiger partial charge is 0.354 e. The van der Waals surface area contributed by atoms with Crippen LogP contribution >= 0.6 is 0 Å². The molecule has 0 spiro atoms. The summed E-state index contributed by atoms with van der Waals surface area (Å²) in [6.45, 7) is 0. The first kappa shape index (κ1) is 20.9. The molecule has 0 aliphatic carbocycles. The second-order valence-electron chi connectivity index (χ2n) is 5.54. The van der Waals surface area contributed by atoms with Gasteiger partial charge in [0.05, 0.1) is 14.2 Å². The highest BCUT2D eigenvalue weighted by Crippen LogP contribution is 2.29. The lowest BCUT2D eigenvalue weighted by Gasteiger charge is -2.10. The molecule has 29 heavy (non-hydrogen) atoms. The van der Waals surface area contributed by atoms with Gasteiger partial charge in [0.25, 0.3) is 0 Å². The van der Waals surface area contributed by atoms with Crippen LogP contribution in [0.25, 0.3) is 12.2 Å². The van der Waals surface area contributed by atoms with E-state index in [9.17, 15) is 14.9 Å². The van der Waals surface area contributed by atoms with Crippen LogP contribution in [0.1, 0.15) is 11.1 Å². The Morgan fingerprint density at radius 2 is 1.45 bits per heavy atom. The summed E-state index contributed by atoms with van der Waals surface area (Å²) in [5, 5.41) is 18.3. The lowest BCUT2D eigenvalue weighted by Crippen LogP contribution is -2.11. The molecule has 0 atom stereocenters. The molecule has 0 saturated carbocycles. The summed E-state index contributed by atoms with van der Waals surface area (Å²) >= 11 is 0. The molecule has 0 aliphatic heterocycles. The maximum Gasteiger partial charge on any atom is 0.354 e. The van der Waals surface area contributed by atoms with Crippen LogP contribution in [0, 0.1) is 22.7 Å². The van der Waals surface area contributed by atoms with Gasteiger partial charge in [0.15, 0.2) is 11.5 Å². The van der Waals surface area contributed by atoms with Crippen molar-refractivity contribution in [2.24, 2.45) is 0 Å². The van der Waals surface area contributed by atoms with Gasteiger partial charge in [0, 0.05) is 0 Å². The van der Waals surface area contributed by atoms with E-state index < -0.39 is 11.9 Å². The van der Waals surface area contributed by atoms with Crippen molar-refractivity contribution in [2.45, 2.75) is 0 Å². The maximum absolute atomic E-state index is 12.4. The van der Waals surface area contributed by atoms with E-state index in [1.165, 1.54) is 44.6 Å². The third kappa shape index (κ3) is 5.56. The van der Waals surface area contributed by atoms with E-state index in [1.54, 1.807) is 30.3 Å². The van der Waals surface area contributed by atoms with E-state index in [0.29, 0.717) is 11.1 Å². The van der Waals surface area contributed by atoms with Gasteiger partial charge in [0.2, 0.25) is 0 Å². The summed E-state index contributed by atoms with van der Waals surface area (Å²) < 4.78 is 15.0. The number of methoxy groups -OCH3 is 2. The highest BCUT2D eigenvalue weighted by atomic mass is 16.6. The van der Waals surface area contributed by atoms with E-state index in [0.717, 1.165) is 0 Å². The molecule has 0 radical (unpaired) electrons. The molecule has 2 rings (SSSR count). The second kappa shape index (κ2) is 10.1. The summed E-state index contributed by atoms with van der Waals surface area (Å²) in [6, 6.07) is 16.9. The zero-order valence-corrected chi connectivity index (χ0v) is 15.7. The van der Waals surface area contributed by atoms with Crippen LogP contribution in [0.5, 0.6) is 11.5 Å². The summed E-state index contributed by atoms with van der Waals surface area (Å²) in [5.74, 6) is -1.34. The molecule has 0 N–H and O–H groups in total. The maximum atomic E-state index is 12.4. The van der Waals surface area contributed by atoms with Crippen molar-refractivity contribution in [1.82, 2.24) is 0 Å². The number of carbonyl (C=O) groups excluding carboxylic acids is 2. The number of benzene rings is 2. The van der Waals surface area contributed by atoms with Gasteiger partial charge in [-0.1, -0.05) is 36.4 Å². The zero-order valence-electron chi connectivity index (χ0n) is 15.7. The van der Waals surface area contributed by atoms with Crippen LogP contribution in [0.3, 0.4) is 0 Å². The molecule has 0 saturated heterocycles. The summed E-state index contributed by atoms with van der Waals surface area (Å²) in [4.78, 5) is 23.9. The van der Waals surface area contributed by atoms with Crippen molar-refractivity contribution in [3.05, 3.63) is 70.8 Å². The average molecular weight is 388 g/mol. The molecule has 0 fully saturated rings. The zero-order chi connectivity index (χ0) is 21.2. The lowest BCUT2D eigenvalue weighted by molar-refractivity contribution is -0.135. The Bertz CT molecular complexity index is 1060. The van der Waals surface area contributed by atoms with Gasteiger partial charge in [-0.05, 0) is 35.4 Å². The molecule has 7 nitrogen and oxygen atoms in total. The third-order valence-electron chi connectivity index (χ3n) is 3.68. The largest absolute Gasteiger partial charge is 0.493 e. The van der Waals surface area contributed by atoms with Gasteiger partial charge < -0.3 is 14.2 Å². The summed E-state index contributed by atoms with van der Waals surface area (Å²) in [6.07, 6.45) is 2.73. The quantitative estimate of drug-likeness (QED) is 0.323. The van der Waals surface area contributed by atoms with Crippen molar-refractivity contribution < 1.29 is 23.8 Å². The van der Waals surface area contributed by atoms with Crippen molar-refractivity contribution in [3.8, 4) is 23.6 Å². The van der Waals surface area contributed by atoms with Gasteiger partial charge in [-0.2, -0.15) is 10.5 Å². The lowest BCUT2D eigenvalue weighted by atomic mass is 10.1. The van der Waals surface area contributed by atoms with Gasteiger partial charge in [-0.3, -0.25) is 0 Å². The van der Waals surface area contributed by atoms with E-state index >= 15 is 0 Å². The molecular weight excluding hydrogens is 372 g/mol. The normalized spacial score (nSPS) is 11.0. The first-order valence-corrected chi connectivity index (χ1v) is 8.29. The third-order valence-corrected chi connectivity index (χ3v) is 3.68. The highest BCUT2D eigenvalue weighted by Gasteiger charge is 2.16. The predicted octanol–water partition coefficient (Wildman–Crippen LogP) is 3.29. The van der Waals surface area contributed by atoms with E-state index in [-0.39, 0.29) is 22.6 Å². The van der Waals surface area contributed by atoms with E-state index in [1.807, 2.05) is 12.1 Å². The Labute approximate surface area is 167 Å². The summed E-state index contributed by atoms with van der Waals surface area (Å²) in [7, 11) is 2.54. The van der Waals surface area contributed by atoms with E-state index in [4.69, 9.17) is 14.7 Å². The Balaban J connectivity index is 2.29. The molecule has 2 aromatic rings. The first-order valence-electron chi connectivity index (χ1n) is 8.29. The second-order valence-corrected chi connectivity index (χ2v) is 5.54. The number of nitrogens with zero attached hydrogens (tertiary/aromatic N) is 2. The summed E-state index contributed by atoms with van der Waals surface area (Å²) in [5.41, 5.74) is 0.765. The van der Waals surface area contributed by atoms with Crippen molar-refractivity contribution >= 4 is 24.1 Å². The van der Waals surface area contributed by atoms with Crippen LogP contribution in [-0.4, -0.2) is 26.2 Å². The monoisotopic (exact) mass is 388 g/mol. The van der Waals surface area contributed by atoms with Crippen LogP contribution in [0.15, 0.2) is 59.7 Å². The number of ether oxygens (including phenoxy) is 3. The topological polar surface area (TPSA) is 109 Å². The molecule has 0 amide bonds. The minimum Gasteiger partial charge on any atom is -0.493 e.